The fourth-order valence-electron chi connectivity index (χ4n) is 2.61. The van der Waals surface area contributed by atoms with Gasteiger partial charge in [0.25, 0.3) is 5.91 Å². The van der Waals surface area contributed by atoms with Crippen molar-refractivity contribution in [2.45, 2.75) is 12.9 Å². The molecule has 0 saturated carbocycles. The van der Waals surface area contributed by atoms with Crippen LogP contribution in [0.25, 0.3) is 11.1 Å². The van der Waals surface area contributed by atoms with Crippen molar-refractivity contribution >= 4 is 5.91 Å². The largest absolute Gasteiger partial charge is 0.573 e. The Labute approximate surface area is 181 Å². The molecule has 2 aromatic carbocycles. The highest BCUT2D eigenvalue weighted by atomic mass is 19.4. The number of fused-ring (bicyclic) bond motifs is 1. The third-order valence-electron chi connectivity index (χ3n) is 3.90. The molecule has 1 aromatic heterocycles. The molecule has 9 heteroatoms. The number of carbonyl (C=O) groups excluding carboxylic acids is 1. The number of aromatic nitrogens is 2. The summed E-state index contributed by atoms with van der Waals surface area (Å²) in [6.45, 7) is -3.87. The van der Waals surface area contributed by atoms with E-state index in [0.29, 0.717) is 0 Å². The van der Waals surface area contributed by atoms with Crippen molar-refractivity contribution in [3.05, 3.63) is 72.2 Å². The van der Waals surface area contributed by atoms with Crippen LogP contribution >= 0.6 is 0 Å². The Morgan fingerprint density at radius 1 is 1.17 bits per heavy atom. The molecule has 0 unspecified atom stereocenters. The van der Waals surface area contributed by atoms with E-state index >= 15 is 0 Å². The van der Waals surface area contributed by atoms with Crippen molar-refractivity contribution in [2.75, 3.05) is 13.1 Å². The van der Waals surface area contributed by atoms with Crippen molar-refractivity contribution in [3.63, 3.8) is 0 Å². The highest BCUT2D eigenvalue weighted by Crippen LogP contribution is 2.31. The first kappa shape index (κ1) is 12.2. The molecule has 0 spiro atoms. The molecule has 1 amide bonds. The van der Waals surface area contributed by atoms with E-state index in [1.54, 1.807) is 0 Å². The molecule has 0 radical (unpaired) electrons. The van der Waals surface area contributed by atoms with E-state index in [1.165, 1.54) is 0 Å². The number of halogens is 3. The monoisotopic (exact) mass is 423 g/mol. The molecule has 0 fully saturated rings. The van der Waals surface area contributed by atoms with Crippen LogP contribution < -0.4 is 9.47 Å². The second-order valence-electron chi connectivity index (χ2n) is 5.92. The predicted octanol–water partition coefficient (Wildman–Crippen LogP) is 4.08. The molecule has 0 bridgehead atoms. The molecule has 2 heterocycles. The van der Waals surface area contributed by atoms with E-state index in [0.717, 1.165) is 29.2 Å². The first-order valence-corrected chi connectivity index (χ1v) is 8.37. The average Bonchev–Trinajstić information content (AvgIpc) is 2.89. The number of hydrogen-bond acceptors (Lipinski definition) is 5. The van der Waals surface area contributed by atoms with Gasteiger partial charge >= 0.3 is 6.36 Å². The SMILES string of the molecule is [2H]c1nc(CN2CC([2H])([2H])Oc3c([2H])c([2H])c(-c4ccc(OC(F)(F)F)cc4)c([2H])c3C2=O)nc([2H])c1[2H]. The van der Waals surface area contributed by atoms with Gasteiger partial charge in [0, 0.05) is 12.3 Å². The number of nitrogens with zero attached hydrogens (tertiary/aromatic N) is 3. The van der Waals surface area contributed by atoms with Gasteiger partial charge in [-0.25, -0.2) is 9.97 Å². The van der Waals surface area contributed by atoms with Gasteiger partial charge in [-0.2, -0.15) is 0 Å². The molecule has 1 aliphatic rings. The van der Waals surface area contributed by atoms with Gasteiger partial charge in [0.05, 0.1) is 29.6 Å². The van der Waals surface area contributed by atoms with Crippen molar-refractivity contribution in [1.29, 1.82) is 0 Å². The predicted molar refractivity (Wildman–Crippen MR) is 101 cm³/mol. The summed E-state index contributed by atoms with van der Waals surface area (Å²) < 4.78 is 111. The first-order chi connectivity index (χ1) is 17.6. The first-order valence-electron chi connectivity index (χ1n) is 12.4. The third kappa shape index (κ3) is 4.51. The zero-order valence-electron chi connectivity index (χ0n) is 22.9. The van der Waals surface area contributed by atoms with Crippen molar-refractivity contribution in [1.82, 2.24) is 14.9 Å². The quantitative estimate of drug-likeness (QED) is 0.633. The van der Waals surface area contributed by atoms with Crippen LogP contribution in [0.2, 0.25) is 0 Å². The van der Waals surface area contributed by atoms with E-state index in [1.807, 2.05) is 0 Å². The topological polar surface area (TPSA) is 64.6 Å². The molecule has 4 rings (SSSR count). The summed E-state index contributed by atoms with van der Waals surface area (Å²) in [7, 11) is 0. The lowest BCUT2D eigenvalue weighted by Gasteiger charge is -2.19. The minimum atomic E-state index is -4.94. The number of amides is 1. The maximum absolute atomic E-state index is 13.5. The van der Waals surface area contributed by atoms with Gasteiger partial charge in [-0.3, -0.25) is 4.79 Å². The van der Waals surface area contributed by atoms with E-state index < -0.39 is 85.5 Å². The fourth-order valence-corrected chi connectivity index (χ4v) is 2.61. The second-order valence-corrected chi connectivity index (χ2v) is 5.92. The summed E-state index contributed by atoms with van der Waals surface area (Å²) in [5.41, 5.74) is -0.847. The number of ether oxygens (including phenoxy) is 2. The van der Waals surface area contributed by atoms with E-state index in [4.69, 9.17) is 15.7 Å². The summed E-state index contributed by atoms with van der Waals surface area (Å²) in [6, 6.07) is 1.56. The lowest BCUT2D eigenvalue weighted by Crippen LogP contribution is -2.32. The van der Waals surface area contributed by atoms with Crippen LogP contribution in [0.5, 0.6) is 11.5 Å². The van der Waals surface area contributed by atoms with Gasteiger partial charge in [-0.1, -0.05) is 18.2 Å². The molecule has 0 aliphatic carbocycles. The standard InChI is InChI=1S/C21H16F3N3O3/c22-21(23,24)30-16-5-2-14(3-6-16)15-4-7-18-17(12-15)20(28)27(10-11-29-18)13-19-25-8-1-9-26-19/h1-9,12H,10-11,13H2/i1D,4D,7D,8D,9D,11D2,12D. The lowest BCUT2D eigenvalue weighted by molar-refractivity contribution is -0.274. The Morgan fingerprint density at radius 2 is 1.90 bits per heavy atom. The van der Waals surface area contributed by atoms with E-state index in [9.17, 15) is 18.0 Å². The fraction of sp³-hybridized carbons (Fsp3) is 0.190. The van der Waals surface area contributed by atoms with Crippen LogP contribution in [0.3, 0.4) is 0 Å². The zero-order chi connectivity index (χ0) is 28.2. The second kappa shape index (κ2) is 8.02. The number of alkyl halides is 3. The number of rotatable bonds is 4. The molecule has 3 aromatic rings. The normalized spacial score (nSPS) is 19.4. The summed E-state index contributed by atoms with van der Waals surface area (Å²) in [6.07, 6.45) is -6.12. The van der Waals surface area contributed by atoms with Gasteiger partial charge in [0.15, 0.2) is 0 Å². The maximum atomic E-state index is 13.5. The number of hydrogen-bond donors (Lipinski definition) is 0. The Balaban J connectivity index is 1.82. The third-order valence-corrected chi connectivity index (χ3v) is 3.90. The van der Waals surface area contributed by atoms with Crippen LogP contribution in [0.4, 0.5) is 13.2 Å². The summed E-state index contributed by atoms with van der Waals surface area (Å²) in [5.74, 6) is -2.49. The van der Waals surface area contributed by atoms with E-state index in [-0.39, 0.29) is 17.0 Å². The van der Waals surface area contributed by atoms with E-state index in [2.05, 4.69) is 14.7 Å². The van der Waals surface area contributed by atoms with Crippen molar-refractivity contribution in [3.8, 4) is 22.6 Å². The van der Waals surface area contributed by atoms with Crippen LogP contribution in [0.15, 0.2) is 60.8 Å². The highest BCUT2D eigenvalue weighted by Gasteiger charge is 2.31. The van der Waals surface area contributed by atoms with Crippen LogP contribution in [0, 0.1) is 0 Å². The highest BCUT2D eigenvalue weighted by molar-refractivity contribution is 5.98. The number of benzene rings is 2. The van der Waals surface area contributed by atoms with Crippen LogP contribution in [-0.2, 0) is 6.54 Å². The molecule has 1 aliphatic heterocycles. The Kier molecular flexibility index (Phi) is 3.25. The Bertz CT molecular complexity index is 1420. The minimum absolute atomic E-state index is 0.0181. The molecular weight excluding hydrogens is 399 g/mol. The molecule has 6 nitrogen and oxygen atoms in total. The maximum Gasteiger partial charge on any atom is 0.573 e. The average molecular weight is 423 g/mol. The lowest BCUT2D eigenvalue weighted by atomic mass is 10.0. The van der Waals surface area contributed by atoms with Gasteiger partial charge in [0.2, 0.25) is 0 Å². The number of carbonyl (C=O) groups is 1. The smallest absolute Gasteiger partial charge is 0.491 e. The molecule has 0 N–H and O–H groups in total. The Morgan fingerprint density at radius 3 is 2.60 bits per heavy atom. The van der Waals surface area contributed by atoms with Gasteiger partial charge in [0.1, 0.15) is 23.9 Å². The minimum Gasteiger partial charge on any atom is -0.491 e. The molecule has 0 saturated heterocycles. The summed E-state index contributed by atoms with van der Waals surface area (Å²) in [4.78, 5) is 21.8. The molecule has 30 heavy (non-hydrogen) atoms. The Hall–Kier alpha value is -3.62. The summed E-state index contributed by atoms with van der Waals surface area (Å²) >= 11 is 0. The van der Waals surface area contributed by atoms with Crippen LogP contribution in [0.1, 0.15) is 27.1 Å². The van der Waals surface area contributed by atoms with Crippen molar-refractivity contribution < 1.29 is 38.4 Å². The molecular formula is C21H16F3N3O3. The van der Waals surface area contributed by atoms with Gasteiger partial charge in [-0.15, -0.1) is 13.2 Å². The zero-order valence-corrected chi connectivity index (χ0v) is 14.9. The van der Waals surface area contributed by atoms with Crippen molar-refractivity contribution in [2.24, 2.45) is 0 Å². The summed E-state index contributed by atoms with van der Waals surface area (Å²) in [5, 5.41) is 0. The van der Waals surface area contributed by atoms with Gasteiger partial charge in [-0.05, 0) is 41.4 Å². The molecule has 154 valence electrons. The van der Waals surface area contributed by atoms with Gasteiger partial charge < -0.3 is 14.4 Å². The van der Waals surface area contributed by atoms with Crippen LogP contribution in [-0.4, -0.2) is 40.2 Å². The molecule has 0 atom stereocenters.